The van der Waals surface area contributed by atoms with E-state index >= 15 is 0 Å². The van der Waals surface area contributed by atoms with Crippen LogP contribution in [0.4, 0.5) is 11.4 Å². The fraction of sp³-hybridized carbons (Fsp3) is 0.231. The van der Waals surface area contributed by atoms with Crippen LogP contribution >= 0.6 is 11.6 Å². The van der Waals surface area contributed by atoms with Crippen LogP contribution in [-0.4, -0.2) is 22.9 Å². The summed E-state index contributed by atoms with van der Waals surface area (Å²) in [5.41, 5.74) is -0.141. The number of hydrogen-bond donors (Lipinski definition) is 1. The average molecular weight is 313 g/mol. The quantitative estimate of drug-likeness (QED) is 0.390. The number of halogens is 1. The van der Waals surface area contributed by atoms with Gasteiger partial charge in [-0.25, -0.2) is 4.79 Å². The third-order valence-corrected chi connectivity index (χ3v) is 2.71. The lowest BCUT2D eigenvalue weighted by Gasteiger charge is -2.13. The van der Waals surface area contributed by atoms with Gasteiger partial charge in [0.25, 0.3) is 11.6 Å². The molecule has 0 bridgehead atoms. The number of nitrogens with zero attached hydrogens (tertiary/aromatic N) is 1. The number of carbonyl (C=O) groups excluding carboxylic acids is 2. The average Bonchev–Trinajstić information content (AvgIpc) is 2.40. The Morgan fingerprint density at radius 1 is 1.48 bits per heavy atom. The molecule has 0 aromatic heterocycles. The van der Waals surface area contributed by atoms with E-state index in [0.717, 1.165) is 6.07 Å². The van der Waals surface area contributed by atoms with Crippen molar-refractivity contribution in [1.29, 1.82) is 0 Å². The highest BCUT2D eigenvalue weighted by molar-refractivity contribution is 6.33. The van der Waals surface area contributed by atoms with Crippen molar-refractivity contribution in [3.63, 3.8) is 0 Å². The van der Waals surface area contributed by atoms with Gasteiger partial charge >= 0.3 is 5.97 Å². The van der Waals surface area contributed by atoms with Gasteiger partial charge in [0, 0.05) is 18.2 Å². The van der Waals surface area contributed by atoms with E-state index in [-0.39, 0.29) is 16.4 Å². The highest BCUT2D eigenvalue weighted by atomic mass is 35.5. The second-order valence-electron chi connectivity index (χ2n) is 3.99. The van der Waals surface area contributed by atoms with Crippen LogP contribution in [0.25, 0.3) is 0 Å². The largest absolute Gasteiger partial charge is 0.449 e. The fourth-order valence-electron chi connectivity index (χ4n) is 1.36. The van der Waals surface area contributed by atoms with Crippen molar-refractivity contribution in [1.82, 2.24) is 0 Å². The molecule has 0 aliphatic carbocycles. The summed E-state index contributed by atoms with van der Waals surface area (Å²) < 4.78 is 4.83. The van der Waals surface area contributed by atoms with E-state index in [0.29, 0.717) is 0 Å². The summed E-state index contributed by atoms with van der Waals surface area (Å²) in [5, 5.41) is 13.2. The van der Waals surface area contributed by atoms with E-state index in [1.165, 1.54) is 31.2 Å². The van der Waals surface area contributed by atoms with E-state index in [2.05, 4.69) is 5.32 Å². The van der Waals surface area contributed by atoms with Crippen LogP contribution in [0.2, 0.25) is 5.02 Å². The van der Waals surface area contributed by atoms with Crippen molar-refractivity contribution in [3.05, 3.63) is 45.5 Å². The molecule has 7 nitrogen and oxygen atoms in total. The summed E-state index contributed by atoms with van der Waals surface area (Å²) >= 11 is 5.85. The van der Waals surface area contributed by atoms with Gasteiger partial charge in [0.2, 0.25) is 0 Å². The highest BCUT2D eigenvalue weighted by Crippen LogP contribution is 2.26. The van der Waals surface area contributed by atoms with Gasteiger partial charge in [-0.15, -0.1) is 0 Å². The molecule has 1 aromatic rings. The normalized spacial score (nSPS) is 12.0. The third-order valence-electron chi connectivity index (χ3n) is 2.38. The molecule has 0 spiro atoms. The van der Waals surface area contributed by atoms with Crippen LogP contribution in [0.3, 0.4) is 0 Å². The standard InChI is InChI=1S/C13H13ClN2O5/c1-3-4-12(17)21-8(2)13(18)15-11-7-9(16(19)20)5-6-10(11)14/h3-8H,1-2H3,(H,15,18). The van der Waals surface area contributed by atoms with Crippen molar-refractivity contribution in [2.45, 2.75) is 20.0 Å². The van der Waals surface area contributed by atoms with Crippen molar-refractivity contribution in [2.75, 3.05) is 5.32 Å². The van der Waals surface area contributed by atoms with Crippen molar-refractivity contribution in [3.8, 4) is 0 Å². The molecule has 8 heteroatoms. The number of ether oxygens (including phenoxy) is 1. The van der Waals surface area contributed by atoms with Gasteiger partial charge in [0.15, 0.2) is 6.10 Å². The lowest BCUT2D eigenvalue weighted by Crippen LogP contribution is -2.29. The minimum Gasteiger partial charge on any atom is -0.449 e. The number of nitro groups is 1. The molecule has 0 saturated heterocycles. The predicted molar refractivity (Wildman–Crippen MR) is 77.1 cm³/mol. The lowest BCUT2D eigenvalue weighted by atomic mass is 10.2. The monoisotopic (exact) mass is 312 g/mol. The number of carbonyl (C=O) groups is 2. The van der Waals surface area contributed by atoms with Gasteiger partial charge in [-0.05, 0) is 19.9 Å². The third kappa shape index (κ3) is 4.88. The minimum atomic E-state index is -1.07. The number of benzene rings is 1. The Labute approximate surface area is 125 Å². The first-order valence-electron chi connectivity index (χ1n) is 5.93. The molecule has 112 valence electrons. The molecule has 1 N–H and O–H groups in total. The van der Waals surface area contributed by atoms with E-state index in [9.17, 15) is 19.7 Å². The minimum absolute atomic E-state index is 0.0739. The SMILES string of the molecule is CC=CC(=O)OC(C)C(=O)Nc1cc([N+](=O)[O-])ccc1Cl. The number of esters is 1. The number of hydrogen-bond acceptors (Lipinski definition) is 5. The summed E-state index contributed by atoms with van der Waals surface area (Å²) in [6, 6.07) is 3.64. The molecule has 0 radical (unpaired) electrons. The molecule has 1 rings (SSSR count). The maximum Gasteiger partial charge on any atom is 0.331 e. The molecule has 21 heavy (non-hydrogen) atoms. The van der Waals surface area contributed by atoms with Crippen LogP contribution in [-0.2, 0) is 14.3 Å². The Hall–Kier alpha value is -2.41. The van der Waals surface area contributed by atoms with Gasteiger partial charge in [0.1, 0.15) is 0 Å². The van der Waals surface area contributed by atoms with E-state index < -0.39 is 22.9 Å². The molecule has 0 aliphatic heterocycles. The van der Waals surface area contributed by atoms with Crippen LogP contribution in [0.1, 0.15) is 13.8 Å². The molecule has 0 heterocycles. The Morgan fingerprint density at radius 2 is 2.14 bits per heavy atom. The topological polar surface area (TPSA) is 98.5 Å². The summed E-state index contributed by atoms with van der Waals surface area (Å²) in [7, 11) is 0. The first-order valence-corrected chi connectivity index (χ1v) is 6.31. The van der Waals surface area contributed by atoms with Gasteiger partial charge in [-0.2, -0.15) is 0 Å². The number of anilines is 1. The summed E-state index contributed by atoms with van der Waals surface area (Å²) in [6.07, 6.45) is 1.58. The maximum absolute atomic E-state index is 11.8. The Bertz CT molecular complexity index is 600. The maximum atomic E-state index is 11.8. The summed E-state index contributed by atoms with van der Waals surface area (Å²) in [5.74, 6) is -1.31. The van der Waals surface area contributed by atoms with Gasteiger partial charge in [-0.1, -0.05) is 17.7 Å². The van der Waals surface area contributed by atoms with Gasteiger partial charge in [0.05, 0.1) is 15.6 Å². The summed E-state index contributed by atoms with van der Waals surface area (Å²) in [4.78, 5) is 33.1. The zero-order valence-corrected chi connectivity index (χ0v) is 12.1. The second-order valence-corrected chi connectivity index (χ2v) is 4.40. The van der Waals surface area contributed by atoms with Crippen LogP contribution in [0.15, 0.2) is 30.4 Å². The first-order chi connectivity index (χ1) is 9.85. The Kier molecular flexibility index (Phi) is 5.86. The predicted octanol–water partition coefficient (Wildman–Crippen LogP) is 2.69. The lowest BCUT2D eigenvalue weighted by molar-refractivity contribution is -0.384. The van der Waals surface area contributed by atoms with E-state index in [1.807, 2.05) is 0 Å². The number of non-ortho nitro benzene ring substituents is 1. The van der Waals surface area contributed by atoms with Crippen LogP contribution < -0.4 is 5.32 Å². The molecule has 0 fully saturated rings. The van der Waals surface area contributed by atoms with E-state index in [1.54, 1.807) is 6.92 Å². The molecule has 0 saturated carbocycles. The van der Waals surface area contributed by atoms with Gasteiger partial charge in [-0.3, -0.25) is 14.9 Å². The van der Waals surface area contributed by atoms with Crippen molar-refractivity contribution >= 4 is 34.9 Å². The molecular formula is C13H13ClN2O5. The molecule has 1 atom stereocenters. The van der Waals surface area contributed by atoms with Crippen LogP contribution in [0.5, 0.6) is 0 Å². The number of amides is 1. The molecule has 1 unspecified atom stereocenters. The van der Waals surface area contributed by atoms with E-state index in [4.69, 9.17) is 16.3 Å². The second kappa shape index (κ2) is 7.39. The van der Waals surface area contributed by atoms with Crippen LogP contribution in [0, 0.1) is 10.1 Å². The number of rotatable bonds is 5. The number of nitrogens with one attached hydrogen (secondary N) is 1. The fourth-order valence-corrected chi connectivity index (χ4v) is 1.52. The molecule has 1 aromatic carbocycles. The van der Waals surface area contributed by atoms with Crippen molar-refractivity contribution in [2.24, 2.45) is 0 Å². The zero-order chi connectivity index (χ0) is 16.0. The molecule has 1 amide bonds. The number of allylic oxidation sites excluding steroid dienone is 1. The molecule has 0 aliphatic rings. The Balaban J connectivity index is 2.80. The first kappa shape index (κ1) is 16.6. The molecular weight excluding hydrogens is 300 g/mol. The van der Waals surface area contributed by atoms with Crippen molar-refractivity contribution < 1.29 is 19.2 Å². The number of nitro benzene ring substituents is 1. The van der Waals surface area contributed by atoms with Gasteiger partial charge < -0.3 is 10.1 Å². The smallest absolute Gasteiger partial charge is 0.331 e. The Morgan fingerprint density at radius 3 is 2.71 bits per heavy atom. The highest BCUT2D eigenvalue weighted by Gasteiger charge is 2.19. The summed E-state index contributed by atoms with van der Waals surface area (Å²) in [6.45, 7) is 3.01. The zero-order valence-electron chi connectivity index (χ0n) is 11.3.